The number of hydrogen-bond acceptors (Lipinski definition) is 3. The van der Waals surface area contributed by atoms with Gasteiger partial charge in [0.1, 0.15) is 0 Å². The summed E-state index contributed by atoms with van der Waals surface area (Å²) in [6.45, 7) is 3.58. The lowest BCUT2D eigenvalue weighted by atomic mass is 9.77. The predicted octanol–water partition coefficient (Wildman–Crippen LogP) is 3.05. The molecule has 4 heteroatoms. The van der Waals surface area contributed by atoms with Gasteiger partial charge in [-0.1, -0.05) is 50.5 Å². The van der Waals surface area contributed by atoms with Crippen LogP contribution >= 0.6 is 0 Å². The summed E-state index contributed by atoms with van der Waals surface area (Å²) in [4.78, 5) is 15.0. The Kier molecular flexibility index (Phi) is 6.49. The van der Waals surface area contributed by atoms with E-state index in [-0.39, 0.29) is 18.1 Å². The molecule has 0 radical (unpaired) electrons. The van der Waals surface area contributed by atoms with Gasteiger partial charge in [-0.05, 0) is 42.7 Å². The highest BCUT2D eigenvalue weighted by Crippen LogP contribution is 2.41. The molecule has 3 rings (SSSR count). The molecule has 2 N–H and O–H groups in total. The SMILES string of the molecule is CCC(O)CNCC(=O)N1CCc2ccccc2C1C1CCCCC1. The van der Waals surface area contributed by atoms with Crippen molar-refractivity contribution in [2.45, 2.75) is 64.0 Å². The molecule has 1 fully saturated rings. The number of aliphatic hydroxyl groups excluding tert-OH is 1. The van der Waals surface area contributed by atoms with E-state index in [0.29, 0.717) is 25.4 Å². The molecule has 0 saturated heterocycles. The third-order valence-corrected chi connectivity index (χ3v) is 5.88. The Morgan fingerprint density at radius 3 is 2.80 bits per heavy atom. The first kappa shape index (κ1) is 18.4. The van der Waals surface area contributed by atoms with Gasteiger partial charge in [0.15, 0.2) is 0 Å². The fourth-order valence-electron chi connectivity index (χ4n) is 4.43. The molecule has 2 unspecified atom stereocenters. The minimum absolute atomic E-state index is 0.174. The van der Waals surface area contributed by atoms with Crippen LogP contribution in [0.4, 0.5) is 0 Å². The van der Waals surface area contributed by atoms with E-state index >= 15 is 0 Å². The average Bonchev–Trinajstić information content (AvgIpc) is 2.67. The minimum Gasteiger partial charge on any atom is -0.392 e. The van der Waals surface area contributed by atoms with Crippen molar-refractivity contribution in [2.24, 2.45) is 5.92 Å². The molecule has 1 saturated carbocycles. The van der Waals surface area contributed by atoms with Crippen LogP contribution in [0.5, 0.6) is 0 Å². The summed E-state index contributed by atoms with van der Waals surface area (Å²) in [6.07, 6.45) is 7.64. The molecule has 1 aliphatic carbocycles. The van der Waals surface area contributed by atoms with Gasteiger partial charge in [0.2, 0.25) is 5.91 Å². The maximum atomic E-state index is 12.9. The highest BCUT2D eigenvalue weighted by molar-refractivity contribution is 5.79. The molecule has 25 heavy (non-hydrogen) atoms. The van der Waals surface area contributed by atoms with Gasteiger partial charge in [0.25, 0.3) is 0 Å². The van der Waals surface area contributed by atoms with Crippen molar-refractivity contribution in [1.82, 2.24) is 10.2 Å². The van der Waals surface area contributed by atoms with Crippen LogP contribution in [0, 0.1) is 5.92 Å². The summed E-state index contributed by atoms with van der Waals surface area (Å²) >= 11 is 0. The third kappa shape index (κ3) is 4.42. The number of amides is 1. The first-order chi connectivity index (χ1) is 12.2. The molecular formula is C21H32N2O2. The maximum Gasteiger partial charge on any atom is 0.237 e. The van der Waals surface area contributed by atoms with E-state index < -0.39 is 0 Å². The van der Waals surface area contributed by atoms with Crippen LogP contribution in [0.1, 0.15) is 62.6 Å². The van der Waals surface area contributed by atoms with E-state index in [2.05, 4.69) is 34.5 Å². The second-order valence-electron chi connectivity index (χ2n) is 7.57. The first-order valence-corrected chi connectivity index (χ1v) is 9.96. The fourth-order valence-corrected chi connectivity index (χ4v) is 4.43. The van der Waals surface area contributed by atoms with E-state index in [1.807, 2.05) is 6.92 Å². The molecule has 0 aromatic heterocycles. The third-order valence-electron chi connectivity index (χ3n) is 5.88. The summed E-state index contributed by atoms with van der Waals surface area (Å²) in [7, 11) is 0. The molecule has 2 aliphatic rings. The van der Waals surface area contributed by atoms with Crippen molar-refractivity contribution < 1.29 is 9.90 Å². The second kappa shape index (κ2) is 8.81. The molecule has 1 aromatic carbocycles. The zero-order valence-corrected chi connectivity index (χ0v) is 15.4. The zero-order chi connectivity index (χ0) is 17.6. The maximum absolute atomic E-state index is 12.9. The van der Waals surface area contributed by atoms with E-state index in [0.717, 1.165) is 13.0 Å². The predicted molar refractivity (Wildman–Crippen MR) is 100 cm³/mol. The second-order valence-corrected chi connectivity index (χ2v) is 7.57. The van der Waals surface area contributed by atoms with Crippen molar-refractivity contribution in [3.05, 3.63) is 35.4 Å². The van der Waals surface area contributed by atoms with Crippen molar-refractivity contribution >= 4 is 5.91 Å². The number of fused-ring (bicyclic) bond motifs is 1. The Labute approximate surface area is 151 Å². The summed E-state index contributed by atoms with van der Waals surface area (Å²) in [5.41, 5.74) is 2.78. The van der Waals surface area contributed by atoms with Crippen molar-refractivity contribution in [3.8, 4) is 0 Å². The Morgan fingerprint density at radius 2 is 2.04 bits per heavy atom. The summed E-state index contributed by atoms with van der Waals surface area (Å²) in [5, 5.41) is 12.8. The number of nitrogens with zero attached hydrogens (tertiary/aromatic N) is 1. The lowest BCUT2D eigenvalue weighted by Crippen LogP contribution is -2.47. The number of benzene rings is 1. The van der Waals surface area contributed by atoms with E-state index in [1.165, 1.54) is 43.2 Å². The van der Waals surface area contributed by atoms with Gasteiger partial charge in [0, 0.05) is 13.1 Å². The monoisotopic (exact) mass is 344 g/mol. The average molecular weight is 344 g/mol. The van der Waals surface area contributed by atoms with Gasteiger partial charge in [0.05, 0.1) is 18.7 Å². The van der Waals surface area contributed by atoms with E-state index in [1.54, 1.807) is 0 Å². The number of aliphatic hydroxyl groups is 1. The molecule has 1 amide bonds. The summed E-state index contributed by atoms with van der Waals surface area (Å²) in [6, 6.07) is 8.90. The van der Waals surface area contributed by atoms with Crippen molar-refractivity contribution in [1.29, 1.82) is 0 Å². The van der Waals surface area contributed by atoms with Gasteiger partial charge >= 0.3 is 0 Å². The van der Waals surface area contributed by atoms with E-state index in [4.69, 9.17) is 0 Å². The molecule has 0 spiro atoms. The lowest BCUT2D eigenvalue weighted by Gasteiger charge is -2.43. The number of nitrogens with one attached hydrogen (secondary N) is 1. The smallest absolute Gasteiger partial charge is 0.237 e. The Hall–Kier alpha value is -1.39. The quantitative estimate of drug-likeness (QED) is 0.834. The largest absolute Gasteiger partial charge is 0.392 e. The minimum atomic E-state index is -0.371. The van der Waals surface area contributed by atoms with Crippen molar-refractivity contribution in [3.63, 3.8) is 0 Å². The van der Waals surface area contributed by atoms with Crippen LogP contribution in [-0.2, 0) is 11.2 Å². The number of carbonyl (C=O) groups excluding carboxylic acids is 1. The molecule has 2 atom stereocenters. The molecule has 1 aromatic rings. The standard InChI is InChI=1S/C21H32N2O2/c1-2-18(24)14-22-15-20(25)23-13-12-16-8-6-7-11-19(16)21(23)17-9-4-3-5-10-17/h6-8,11,17-18,21-22,24H,2-5,9-10,12-15H2,1H3. The fraction of sp³-hybridized carbons (Fsp3) is 0.667. The molecule has 138 valence electrons. The van der Waals surface area contributed by atoms with Gasteiger partial charge in [-0.2, -0.15) is 0 Å². The zero-order valence-electron chi connectivity index (χ0n) is 15.4. The van der Waals surface area contributed by atoms with Crippen LogP contribution < -0.4 is 5.32 Å². The summed E-state index contributed by atoms with van der Waals surface area (Å²) < 4.78 is 0. The molecular weight excluding hydrogens is 312 g/mol. The van der Waals surface area contributed by atoms with E-state index in [9.17, 15) is 9.90 Å². The molecule has 0 bridgehead atoms. The topological polar surface area (TPSA) is 52.6 Å². The Morgan fingerprint density at radius 1 is 1.28 bits per heavy atom. The normalized spacial score (nSPS) is 22.5. The molecule has 4 nitrogen and oxygen atoms in total. The number of hydrogen-bond donors (Lipinski definition) is 2. The van der Waals surface area contributed by atoms with Gasteiger partial charge in [-0.15, -0.1) is 0 Å². The van der Waals surface area contributed by atoms with Gasteiger partial charge in [-0.3, -0.25) is 4.79 Å². The van der Waals surface area contributed by atoms with Gasteiger partial charge in [-0.25, -0.2) is 0 Å². The van der Waals surface area contributed by atoms with Crippen molar-refractivity contribution in [2.75, 3.05) is 19.6 Å². The van der Waals surface area contributed by atoms with Gasteiger partial charge < -0.3 is 15.3 Å². The summed E-state index contributed by atoms with van der Waals surface area (Å²) in [5.74, 6) is 0.758. The molecule has 1 heterocycles. The lowest BCUT2D eigenvalue weighted by molar-refractivity contribution is -0.134. The first-order valence-electron chi connectivity index (χ1n) is 9.96. The number of carbonyl (C=O) groups is 1. The highest BCUT2D eigenvalue weighted by atomic mass is 16.3. The van der Waals surface area contributed by atoms with Crippen LogP contribution in [0.3, 0.4) is 0 Å². The highest BCUT2D eigenvalue weighted by Gasteiger charge is 2.36. The number of rotatable bonds is 6. The Balaban J connectivity index is 1.73. The van der Waals surface area contributed by atoms with Crippen LogP contribution in [0.25, 0.3) is 0 Å². The van der Waals surface area contributed by atoms with Crippen LogP contribution in [-0.4, -0.2) is 41.7 Å². The Bertz CT molecular complexity index is 569. The van der Waals surface area contributed by atoms with Crippen LogP contribution in [0.2, 0.25) is 0 Å². The van der Waals surface area contributed by atoms with Crippen LogP contribution in [0.15, 0.2) is 24.3 Å². The molecule has 1 aliphatic heterocycles.